The fraction of sp³-hybridized carbons (Fsp3) is 0.0556. The lowest BCUT2D eigenvalue weighted by molar-refractivity contribution is -0.115. The number of rotatable bonds is 5. The number of hydrogen-bond acceptors (Lipinski definition) is 4. The van der Waals surface area contributed by atoms with Crippen molar-refractivity contribution in [1.82, 2.24) is 10.1 Å². The second kappa shape index (κ2) is 7.17. The van der Waals surface area contributed by atoms with Crippen LogP contribution in [0, 0.1) is 0 Å². The van der Waals surface area contributed by atoms with Gasteiger partial charge in [0, 0.05) is 11.8 Å². The Morgan fingerprint density at radius 2 is 1.70 bits per heavy atom. The highest BCUT2D eigenvalue weighted by atomic mass is 16.5. The molecule has 0 saturated carbocycles. The number of anilines is 1. The van der Waals surface area contributed by atoms with Gasteiger partial charge in [-0.05, 0) is 23.8 Å². The zero-order valence-electron chi connectivity index (χ0n) is 12.3. The van der Waals surface area contributed by atoms with E-state index in [4.69, 9.17) is 4.52 Å². The number of nitrogens with zero attached hydrogens (tertiary/aromatic N) is 2. The molecule has 0 aliphatic rings. The van der Waals surface area contributed by atoms with Crippen LogP contribution in [0.5, 0.6) is 0 Å². The van der Waals surface area contributed by atoms with Crippen molar-refractivity contribution in [2.45, 2.75) is 6.42 Å². The Kier molecular flexibility index (Phi) is 4.59. The van der Waals surface area contributed by atoms with Gasteiger partial charge < -0.3 is 9.84 Å². The van der Waals surface area contributed by atoms with Crippen LogP contribution in [0.2, 0.25) is 0 Å². The predicted octanol–water partition coefficient (Wildman–Crippen LogP) is 3.42. The predicted molar refractivity (Wildman–Crippen MR) is 88.4 cm³/mol. The fourth-order valence-electron chi connectivity index (χ4n) is 2.01. The summed E-state index contributed by atoms with van der Waals surface area (Å²) in [7, 11) is 0. The van der Waals surface area contributed by atoms with E-state index in [1.165, 1.54) is 0 Å². The van der Waals surface area contributed by atoms with Gasteiger partial charge in [-0.3, -0.25) is 4.79 Å². The third kappa shape index (κ3) is 4.38. The van der Waals surface area contributed by atoms with Gasteiger partial charge in [0.15, 0.2) is 5.82 Å². The van der Waals surface area contributed by atoms with E-state index in [0.717, 1.165) is 11.3 Å². The molecule has 0 fully saturated rings. The van der Waals surface area contributed by atoms with Gasteiger partial charge >= 0.3 is 0 Å². The molecule has 2 aromatic carbocycles. The molecule has 1 amide bonds. The van der Waals surface area contributed by atoms with Crippen LogP contribution in [0.3, 0.4) is 0 Å². The third-order valence-corrected chi connectivity index (χ3v) is 3.08. The van der Waals surface area contributed by atoms with E-state index in [1.54, 1.807) is 6.08 Å². The zero-order chi connectivity index (χ0) is 15.9. The number of amides is 1. The summed E-state index contributed by atoms with van der Waals surface area (Å²) in [5.41, 5.74) is 1.78. The number of carbonyl (C=O) groups is 1. The van der Waals surface area contributed by atoms with Crippen LogP contribution in [0.1, 0.15) is 17.3 Å². The Morgan fingerprint density at radius 1 is 1.00 bits per heavy atom. The second-order valence-corrected chi connectivity index (χ2v) is 4.88. The van der Waals surface area contributed by atoms with Gasteiger partial charge in [-0.25, -0.2) is 0 Å². The van der Waals surface area contributed by atoms with Crippen molar-refractivity contribution in [2.24, 2.45) is 0 Å². The minimum absolute atomic E-state index is 0.0670. The number of aromatic nitrogens is 2. The van der Waals surface area contributed by atoms with Crippen LogP contribution in [-0.2, 0) is 11.2 Å². The summed E-state index contributed by atoms with van der Waals surface area (Å²) < 4.78 is 5.11. The van der Waals surface area contributed by atoms with Crippen molar-refractivity contribution >= 4 is 23.7 Å². The molecule has 1 heterocycles. The summed E-state index contributed by atoms with van der Waals surface area (Å²) in [6, 6.07) is 19.0. The number of carbonyl (C=O) groups excluding carboxylic acids is 1. The summed E-state index contributed by atoms with van der Waals surface area (Å²) in [5, 5.41) is 6.59. The number of hydrogen-bond donors (Lipinski definition) is 1. The Balaban J connectivity index is 1.59. The van der Waals surface area contributed by atoms with Crippen LogP contribution in [0.4, 0.5) is 5.69 Å². The molecule has 1 N–H and O–H groups in total. The quantitative estimate of drug-likeness (QED) is 0.784. The number of nitrogens with one attached hydrogen (secondary N) is 1. The van der Waals surface area contributed by atoms with E-state index in [9.17, 15) is 4.79 Å². The Hall–Kier alpha value is -3.21. The van der Waals surface area contributed by atoms with E-state index in [0.29, 0.717) is 11.7 Å². The van der Waals surface area contributed by atoms with Gasteiger partial charge in [0.05, 0.1) is 6.42 Å². The van der Waals surface area contributed by atoms with Crippen molar-refractivity contribution in [2.75, 3.05) is 5.32 Å². The summed E-state index contributed by atoms with van der Waals surface area (Å²) >= 11 is 0. The van der Waals surface area contributed by atoms with Gasteiger partial charge in [-0.15, -0.1) is 0 Å². The second-order valence-electron chi connectivity index (χ2n) is 4.88. The molecule has 0 radical (unpaired) electrons. The van der Waals surface area contributed by atoms with Crippen LogP contribution < -0.4 is 5.32 Å². The molecule has 3 rings (SSSR count). The summed E-state index contributed by atoms with van der Waals surface area (Å²) in [5.74, 6) is 0.540. The van der Waals surface area contributed by atoms with Crippen LogP contribution in [-0.4, -0.2) is 16.0 Å². The number of benzene rings is 2. The van der Waals surface area contributed by atoms with Crippen molar-refractivity contribution in [1.29, 1.82) is 0 Å². The smallest absolute Gasteiger partial charge is 0.250 e. The summed E-state index contributed by atoms with van der Waals surface area (Å²) in [6.45, 7) is 0. The molecule has 1 aromatic heterocycles. The summed E-state index contributed by atoms with van der Waals surface area (Å²) in [4.78, 5) is 16.1. The first-order valence-corrected chi connectivity index (χ1v) is 7.20. The molecule has 5 nitrogen and oxygen atoms in total. The number of para-hydroxylation sites is 1. The first kappa shape index (κ1) is 14.7. The van der Waals surface area contributed by atoms with Gasteiger partial charge in [-0.2, -0.15) is 4.98 Å². The van der Waals surface area contributed by atoms with Crippen molar-refractivity contribution in [3.8, 4) is 0 Å². The summed E-state index contributed by atoms with van der Waals surface area (Å²) in [6.07, 6.45) is 3.67. The topological polar surface area (TPSA) is 68.0 Å². The maximum Gasteiger partial charge on any atom is 0.250 e. The molecule has 0 atom stereocenters. The molecule has 114 valence electrons. The van der Waals surface area contributed by atoms with Crippen molar-refractivity contribution in [3.05, 3.63) is 77.9 Å². The normalized spacial score (nSPS) is 10.8. The minimum Gasteiger partial charge on any atom is -0.335 e. The van der Waals surface area contributed by atoms with Crippen molar-refractivity contribution in [3.63, 3.8) is 0 Å². The monoisotopic (exact) mass is 305 g/mol. The Bertz CT molecular complexity index is 795. The first-order valence-electron chi connectivity index (χ1n) is 7.20. The van der Waals surface area contributed by atoms with E-state index in [2.05, 4.69) is 15.5 Å². The average Bonchev–Trinajstić information content (AvgIpc) is 3.02. The van der Waals surface area contributed by atoms with E-state index < -0.39 is 0 Å². The highest BCUT2D eigenvalue weighted by Crippen LogP contribution is 2.08. The fourth-order valence-corrected chi connectivity index (χ4v) is 2.01. The average molecular weight is 305 g/mol. The molecule has 0 unspecified atom stereocenters. The molecule has 23 heavy (non-hydrogen) atoms. The lowest BCUT2D eigenvalue weighted by Gasteiger charge is -2.01. The van der Waals surface area contributed by atoms with Gasteiger partial charge in [0.1, 0.15) is 0 Å². The van der Waals surface area contributed by atoms with E-state index in [-0.39, 0.29) is 12.3 Å². The maximum atomic E-state index is 11.9. The molecular weight excluding hydrogens is 290 g/mol. The standard InChI is InChI=1S/C18H15N3O2/c22-17(19-15-9-5-2-6-10-15)13-16-20-18(23-21-16)12-11-14-7-3-1-4-8-14/h1-12H,13H2,(H,19,22)/b12-11+. The molecule has 0 aliphatic heterocycles. The Morgan fingerprint density at radius 3 is 2.43 bits per heavy atom. The molecule has 0 saturated heterocycles. The maximum absolute atomic E-state index is 11.9. The molecule has 5 heteroatoms. The third-order valence-electron chi connectivity index (χ3n) is 3.08. The minimum atomic E-state index is -0.185. The van der Waals surface area contributed by atoms with Crippen LogP contribution >= 0.6 is 0 Å². The molecule has 0 aliphatic carbocycles. The SMILES string of the molecule is O=C(Cc1noc(/C=C/c2ccccc2)n1)Nc1ccccc1. The van der Waals surface area contributed by atoms with Crippen LogP contribution in [0.15, 0.2) is 65.2 Å². The zero-order valence-corrected chi connectivity index (χ0v) is 12.3. The van der Waals surface area contributed by atoms with Gasteiger partial charge in [0.25, 0.3) is 5.89 Å². The largest absolute Gasteiger partial charge is 0.335 e. The van der Waals surface area contributed by atoms with Crippen molar-refractivity contribution < 1.29 is 9.32 Å². The van der Waals surface area contributed by atoms with Crippen LogP contribution in [0.25, 0.3) is 12.2 Å². The lowest BCUT2D eigenvalue weighted by atomic mass is 10.2. The lowest BCUT2D eigenvalue weighted by Crippen LogP contribution is -2.15. The van der Waals surface area contributed by atoms with E-state index >= 15 is 0 Å². The highest BCUT2D eigenvalue weighted by Gasteiger charge is 2.09. The molecular formula is C18H15N3O2. The Labute approximate surface area is 133 Å². The highest BCUT2D eigenvalue weighted by molar-refractivity contribution is 5.91. The van der Waals surface area contributed by atoms with Gasteiger partial charge in [0.2, 0.25) is 5.91 Å². The first-order chi connectivity index (χ1) is 11.3. The van der Waals surface area contributed by atoms with Gasteiger partial charge in [-0.1, -0.05) is 53.7 Å². The van der Waals surface area contributed by atoms with E-state index in [1.807, 2.05) is 66.7 Å². The molecule has 0 spiro atoms. The molecule has 3 aromatic rings. The molecule has 0 bridgehead atoms.